The third-order valence-electron chi connectivity index (χ3n) is 4.04. The van der Waals surface area contributed by atoms with Crippen LogP contribution in [0.1, 0.15) is 15.9 Å². The van der Waals surface area contributed by atoms with E-state index >= 15 is 0 Å². The second-order valence-electron chi connectivity index (χ2n) is 5.83. The molecule has 1 amide bonds. The lowest BCUT2D eigenvalue weighted by Gasteiger charge is -2.18. The van der Waals surface area contributed by atoms with Crippen molar-refractivity contribution in [2.24, 2.45) is 0 Å². The van der Waals surface area contributed by atoms with Crippen LogP contribution < -0.4 is 4.74 Å². The first kappa shape index (κ1) is 16.9. The second-order valence-corrected chi connectivity index (χ2v) is 5.83. The predicted molar refractivity (Wildman–Crippen MR) is 92.7 cm³/mol. The van der Waals surface area contributed by atoms with E-state index in [2.05, 4.69) is 0 Å². The molecular weight excluding hydrogens is 324 g/mol. The molecule has 0 aromatic heterocycles. The van der Waals surface area contributed by atoms with Gasteiger partial charge in [0.15, 0.2) is 0 Å². The van der Waals surface area contributed by atoms with E-state index in [0.29, 0.717) is 12.6 Å². The van der Waals surface area contributed by atoms with Gasteiger partial charge in [-0.05, 0) is 46.7 Å². The summed E-state index contributed by atoms with van der Waals surface area (Å²) in [7, 11) is 3.20. The zero-order valence-electron chi connectivity index (χ0n) is 13.9. The Morgan fingerprint density at radius 3 is 2.44 bits per heavy atom. The van der Waals surface area contributed by atoms with Gasteiger partial charge in [0.1, 0.15) is 17.4 Å². The smallest absolute Gasteiger partial charge is 0.256 e. The number of ether oxygens (including phenoxy) is 1. The summed E-state index contributed by atoms with van der Waals surface area (Å²) in [6.45, 7) is 0.317. The van der Waals surface area contributed by atoms with Crippen LogP contribution in [0.3, 0.4) is 0 Å². The molecule has 0 spiro atoms. The zero-order valence-corrected chi connectivity index (χ0v) is 13.9. The fourth-order valence-electron chi connectivity index (χ4n) is 2.71. The van der Waals surface area contributed by atoms with Crippen LogP contribution in [0, 0.1) is 11.6 Å². The molecule has 0 aliphatic rings. The number of nitrogens with zero attached hydrogens (tertiary/aromatic N) is 1. The minimum atomic E-state index is -0.859. The average molecular weight is 341 g/mol. The van der Waals surface area contributed by atoms with Crippen molar-refractivity contribution in [3.05, 3.63) is 77.4 Å². The van der Waals surface area contributed by atoms with E-state index in [1.54, 1.807) is 14.2 Å². The summed E-state index contributed by atoms with van der Waals surface area (Å²) in [6, 6.07) is 14.5. The number of hydrogen-bond donors (Lipinski definition) is 0. The average Bonchev–Trinajstić information content (AvgIpc) is 2.60. The number of benzene rings is 3. The predicted octanol–water partition coefficient (Wildman–Crippen LogP) is 4.40. The van der Waals surface area contributed by atoms with E-state index < -0.39 is 17.5 Å². The first-order chi connectivity index (χ1) is 12.0. The van der Waals surface area contributed by atoms with Crippen LogP contribution in [0.5, 0.6) is 5.75 Å². The molecule has 5 heteroatoms. The number of amides is 1. The molecule has 128 valence electrons. The number of carbonyl (C=O) groups is 1. The van der Waals surface area contributed by atoms with Crippen molar-refractivity contribution in [3.63, 3.8) is 0 Å². The first-order valence-electron chi connectivity index (χ1n) is 7.75. The minimum Gasteiger partial charge on any atom is -0.497 e. The molecule has 3 aromatic rings. The second kappa shape index (κ2) is 6.89. The molecule has 3 rings (SSSR count). The molecule has 0 N–H and O–H groups in total. The van der Waals surface area contributed by atoms with Gasteiger partial charge in [-0.1, -0.05) is 18.2 Å². The Labute approximate surface area is 144 Å². The van der Waals surface area contributed by atoms with Crippen LogP contribution in [0.2, 0.25) is 0 Å². The maximum absolute atomic E-state index is 13.8. The van der Waals surface area contributed by atoms with Crippen LogP contribution in [-0.2, 0) is 6.54 Å². The van der Waals surface area contributed by atoms with Gasteiger partial charge in [-0.2, -0.15) is 0 Å². The van der Waals surface area contributed by atoms with E-state index in [9.17, 15) is 13.6 Å². The minimum absolute atomic E-state index is 0.144. The van der Waals surface area contributed by atoms with Crippen molar-refractivity contribution < 1.29 is 18.3 Å². The van der Waals surface area contributed by atoms with Crippen LogP contribution in [0.15, 0.2) is 54.6 Å². The first-order valence-corrected chi connectivity index (χ1v) is 7.75. The number of methoxy groups -OCH3 is 1. The van der Waals surface area contributed by atoms with Gasteiger partial charge >= 0.3 is 0 Å². The number of halogens is 2. The Morgan fingerprint density at radius 2 is 1.72 bits per heavy atom. The van der Waals surface area contributed by atoms with E-state index in [4.69, 9.17) is 4.74 Å². The standard InChI is InChI=1S/C20H17F2NO2/c1-23(20(24)18-8-6-16(21)11-19(18)22)12-13-3-4-15-10-17(25-2)7-5-14(15)9-13/h3-11H,12H2,1-2H3. The molecule has 0 bridgehead atoms. The molecule has 3 aromatic carbocycles. The van der Waals surface area contributed by atoms with Gasteiger partial charge < -0.3 is 9.64 Å². The summed E-state index contributed by atoms with van der Waals surface area (Å²) in [5.74, 6) is -1.28. The van der Waals surface area contributed by atoms with E-state index in [1.165, 1.54) is 4.90 Å². The Hall–Kier alpha value is -2.95. The van der Waals surface area contributed by atoms with Crippen molar-refractivity contribution in [1.29, 1.82) is 0 Å². The highest BCUT2D eigenvalue weighted by Gasteiger charge is 2.17. The van der Waals surface area contributed by atoms with E-state index in [0.717, 1.165) is 34.2 Å². The Kier molecular flexibility index (Phi) is 4.65. The molecule has 0 heterocycles. The van der Waals surface area contributed by atoms with Crippen molar-refractivity contribution in [2.45, 2.75) is 6.54 Å². The highest BCUT2D eigenvalue weighted by atomic mass is 19.1. The number of carbonyl (C=O) groups excluding carboxylic acids is 1. The summed E-state index contributed by atoms with van der Waals surface area (Å²) < 4.78 is 32.0. The molecule has 0 radical (unpaired) electrons. The normalized spacial score (nSPS) is 10.7. The van der Waals surface area contributed by atoms with Gasteiger partial charge in [0, 0.05) is 19.7 Å². The van der Waals surface area contributed by atoms with Crippen molar-refractivity contribution in [2.75, 3.05) is 14.2 Å². The van der Waals surface area contributed by atoms with E-state index in [-0.39, 0.29) is 5.56 Å². The highest BCUT2D eigenvalue weighted by molar-refractivity contribution is 5.94. The summed E-state index contributed by atoms with van der Waals surface area (Å²) in [5, 5.41) is 2.05. The van der Waals surface area contributed by atoms with Gasteiger partial charge in [-0.3, -0.25) is 4.79 Å². The summed E-state index contributed by atoms with van der Waals surface area (Å²) in [5.41, 5.74) is 0.769. The third kappa shape index (κ3) is 3.60. The molecule has 0 aliphatic carbocycles. The molecular formula is C20H17F2NO2. The number of fused-ring (bicyclic) bond motifs is 1. The van der Waals surface area contributed by atoms with Crippen LogP contribution in [0.4, 0.5) is 8.78 Å². The van der Waals surface area contributed by atoms with Crippen molar-refractivity contribution >= 4 is 16.7 Å². The molecule has 0 fully saturated rings. The largest absolute Gasteiger partial charge is 0.497 e. The van der Waals surface area contributed by atoms with Gasteiger partial charge in [-0.25, -0.2) is 8.78 Å². The van der Waals surface area contributed by atoms with Crippen LogP contribution in [0.25, 0.3) is 10.8 Å². The third-order valence-corrected chi connectivity index (χ3v) is 4.04. The maximum Gasteiger partial charge on any atom is 0.256 e. The lowest BCUT2D eigenvalue weighted by molar-refractivity contribution is 0.0780. The Morgan fingerprint density at radius 1 is 1.00 bits per heavy atom. The molecule has 25 heavy (non-hydrogen) atoms. The van der Waals surface area contributed by atoms with Gasteiger partial charge in [0.25, 0.3) is 5.91 Å². The Balaban J connectivity index is 1.81. The summed E-state index contributed by atoms with van der Waals surface area (Å²) in [6.07, 6.45) is 0. The fraction of sp³-hybridized carbons (Fsp3) is 0.150. The monoisotopic (exact) mass is 341 g/mol. The fourth-order valence-corrected chi connectivity index (χ4v) is 2.71. The van der Waals surface area contributed by atoms with Crippen LogP contribution >= 0.6 is 0 Å². The molecule has 0 unspecified atom stereocenters. The van der Waals surface area contributed by atoms with E-state index in [1.807, 2.05) is 36.4 Å². The van der Waals surface area contributed by atoms with Gasteiger partial charge in [0.2, 0.25) is 0 Å². The molecule has 0 aliphatic heterocycles. The molecule has 0 atom stereocenters. The quantitative estimate of drug-likeness (QED) is 0.704. The molecule has 0 saturated carbocycles. The highest BCUT2D eigenvalue weighted by Crippen LogP contribution is 2.22. The maximum atomic E-state index is 13.8. The lowest BCUT2D eigenvalue weighted by Crippen LogP contribution is -2.27. The topological polar surface area (TPSA) is 29.5 Å². The van der Waals surface area contributed by atoms with Crippen LogP contribution in [-0.4, -0.2) is 25.0 Å². The van der Waals surface area contributed by atoms with Crippen molar-refractivity contribution in [1.82, 2.24) is 4.90 Å². The summed E-state index contributed by atoms with van der Waals surface area (Å²) in [4.78, 5) is 13.8. The molecule has 3 nitrogen and oxygen atoms in total. The van der Waals surface area contributed by atoms with Gasteiger partial charge in [0.05, 0.1) is 12.7 Å². The SMILES string of the molecule is COc1ccc2cc(CN(C)C(=O)c3ccc(F)cc3F)ccc2c1. The number of hydrogen-bond acceptors (Lipinski definition) is 2. The number of rotatable bonds is 4. The Bertz CT molecular complexity index is 940. The summed E-state index contributed by atoms with van der Waals surface area (Å²) >= 11 is 0. The van der Waals surface area contributed by atoms with Crippen molar-refractivity contribution in [3.8, 4) is 5.75 Å². The van der Waals surface area contributed by atoms with Gasteiger partial charge in [-0.15, -0.1) is 0 Å². The lowest BCUT2D eigenvalue weighted by atomic mass is 10.1. The zero-order chi connectivity index (χ0) is 18.0. The molecule has 0 saturated heterocycles.